The van der Waals surface area contributed by atoms with Gasteiger partial charge in [0.25, 0.3) is 0 Å². The summed E-state index contributed by atoms with van der Waals surface area (Å²) in [5, 5.41) is 60.5. The maximum Gasteiger partial charge on any atom is 0.101 e. The zero-order chi connectivity index (χ0) is 66.0. The van der Waals surface area contributed by atoms with Crippen LogP contribution in [0.15, 0.2) is 309 Å². The number of aromatic nitrogens is 4. The Morgan fingerprint density at radius 3 is 1.22 bits per heavy atom. The van der Waals surface area contributed by atoms with E-state index in [0.29, 0.717) is 44.6 Å². The van der Waals surface area contributed by atoms with Crippen LogP contribution in [0.1, 0.15) is 27.8 Å². The third-order valence-electron chi connectivity index (χ3n) is 19.0. The highest BCUT2D eigenvalue weighted by Crippen LogP contribution is 2.45. The van der Waals surface area contributed by atoms with Crippen molar-refractivity contribution < 1.29 is 0 Å². The minimum Gasteiger partial charge on any atom is -0.309 e. The van der Waals surface area contributed by atoms with Crippen LogP contribution in [0.25, 0.3) is 154 Å². The van der Waals surface area contributed by atoms with E-state index in [1.165, 1.54) is 10.8 Å². The number of hydrogen-bond acceptors (Lipinski definition) is 5. The first-order valence-corrected chi connectivity index (χ1v) is 32.2. The highest BCUT2D eigenvalue weighted by molar-refractivity contribution is 6.14. The van der Waals surface area contributed by atoms with Crippen molar-refractivity contribution in [3.05, 3.63) is 337 Å². The fourth-order valence-electron chi connectivity index (χ4n) is 14.8. The maximum absolute atomic E-state index is 10.9. The van der Waals surface area contributed by atoms with Crippen molar-refractivity contribution in [3.8, 4) is 97.6 Å². The van der Waals surface area contributed by atoms with E-state index in [0.717, 1.165) is 127 Å². The summed E-state index contributed by atoms with van der Waals surface area (Å²) in [6.07, 6.45) is 0. The molecule has 14 aromatic carbocycles. The molecule has 0 N–H and O–H groups in total. The zero-order valence-corrected chi connectivity index (χ0v) is 52.5. The molecule has 0 spiro atoms. The smallest absolute Gasteiger partial charge is 0.101 e. The minimum absolute atomic E-state index is 0.382. The SMILES string of the molecule is N#Cc1cc(-c2ccc3c(c2)c2cc(C#N)ccc2n3-c2ccccc2)cc(-c2ccccc2-n2c3ccccc3c3ccccc32)c1.N#Cc1ccc(-c2cccc(C#N)c2-n2c3ccccc3c3ccccc32)c(C#N)c1-c1ccc2c(c1)c1ccccc1n2-c1ccccc1. The van der Waals surface area contributed by atoms with E-state index in [1.807, 2.05) is 133 Å². The molecular formula is C89H51N9. The van der Waals surface area contributed by atoms with E-state index in [1.54, 1.807) is 6.07 Å². The predicted octanol–water partition coefficient (Wildman–Crippen LogP) is 21.8. The first kappa shape index (κ1) is 57.6. The predicted molar refractivity (Wildman–Crippen MR) is 396 cm³/mol. The molecule has 0 aliphatic carbocycles. The summed E-state index contributed by atoms with van der Waals surface area (Å²) in [7, 11) is 0. The highest BCUT2D eigenvalue weighted by Gasteiger charge is 2.25. The summed E-state index contributed by atoms with van der Waals surface area (Å²) in [4.78, 5) is 0. The summed E-state index contributed by atoms with van der Waals surface area (Å²) in [6.45, 7) is 0. The topological polar surface area (TPSA) is 139 Å². The molecular weight excluding hydrogens is 1200 g/mol. The Kier molecular flexibility index (Phi) is 13.9. The molecule has 18 rings (SSSR count). The summed E-state index contributed by atoms with van der Waals surface area (Å²) in [5.74, 6) is 0. The molecule has 0 fully saturated rings. The van der Waals surface area contributed by atoms with Crippen LogP contribution in [0.2, 0.25) is 0 Å². The third-order valence-corrected chi connectivity index (χ3v) is 19.0. The monoisotopic (exact) mass is 1250 g/mol. The molecule has 4 aromatic heterocycles. The molecule has 0 bridgehead atoms. The van der Waals surface area contributed by atoms with Crippen LogP contribution in [0.3, 0.4) is 0 Å². The molecule has 9 heteroatoms. The van der Waals surface area contributed by atoms with Gasteiger partial charge in [-0.05, 0) is 156 Å². The van der Waals surface area contributed by atoms with Crippen LogP contribution in [0.4, 0.5) is 0 Å². The lowest BCUT2D eigenvalue weighted by molar-refractivity contribution is 1.17. The van der Waals surface area contributed by atoms with E-state index in [2.05, 4.69) is 218 Å². The van der Waals surface area contributed by atoms with E-state index in [-0.39, 0.29) is 0 Å². The lowest BCUT2D eigenvalue weighted by Gasteiger charge is -2.18. The second-order valence-corrected chi connectivity index (χ2v) is 24.3. The molecule has 0 unspecified atom stereocenters. The molecule has 0 saturated carbocycles. The average molecular weight is 1250 g/mol. The Morgan fingerprint density at radius 1 is 0.224 bits per heavy atom. The molecule has 4 heterocycles. The normalized spacial score (nSPS) is 11.2. The van der Waals surface area contributed by atoms with Crippen LogP contribution < -0.4 is 0 Å². The van der Waals surface area contributed by atoms with Crippen molar-refractivity contribution in [2.75, 3.05) is 0 Å². The number of nitriles is 5. The lowest BCUT2D eigenvalue weighted by atomic mass is 9.87. The van der Waals surface area contributed by atoms with Gasteiger partial charge in [0.05, 0.1) is 102 Å². The molecule has 452 valence electrons. The van der Waals surface area contributed by atoms with Crippen molar-refractivity contribution in [3.63, 3.8) is 0 Å². The molecule has 0 aliphatic rings. The second-order valence-electron chi connectivity index (χ2n) is 24.3. The highest BCUT2D eigenvalue weighted by atomic mass is 15.0. The number of para-hydroxylation sites is 9. The minimum atomic E-state index is 0.382. The lowest BCUT2D eigenvalue weighted by Crippen LogP contribution is -2.03. The van der Waals surface area contributed by atoms with Crippen LogP contribution in [-0.2, 0) is 0 Å². The van der Waals surface area contributed by atoms with Crippen molar-refractivity contribution in [1.29, 1.82) is 26.3 Å². The summed E-state index contributed by atoms with van der Waals surface area (Å²) in [5.41, 5.74) is 21.5. The molecule has 0 atom stereocenters. The molecule has 98 heavy (non-hydrogen) atoms. The van der Waals surface area contributed by atoms with Gasteiger partial charge in [0.2, 0.25) is 0 Å². The summed E-state index contributed by atoms with van der Waals surface area (Å²) < 4.78 is 8.94. The summed E-state index contributed by atoms with van der Waals surface area (Å²) >= 11 is 0. The van der Waals surface area contributed by atoms with Gasteiger partial charge in [-0.1, -0.05) is 176 Å². The first-order chi connectivity index (χ1) is 48.4. The van der Waals surface area contributed by atoms with Gasteiger partial charge in [0, 0.05) is 76.7 Å². The van der Waals surface area contributed by atoms with E-state index < -0.39 is 0 Å². The Bertz CT molecular complexity index is 6450. The van der Waals surface area contributed by atoms with Crippen LogP contribution >= 0.6 is 0 Å². The van der Waals surface area contributed by atoms with Gasteiger partial charge in [-0.3, -0.25) is 0 Å². The van der Waals surface area contributed by atoms with E-state index in [4.69, 9.17) is 0 Å². The van der Waals surface area contributed by atoms with Crippen LogP contribution in [-0.4, -0.2) is 18.3 Å². The van der Waals surface area contributed by atoms with Gasteiger partial charge in [0.15, 0.2) is 0 Å². The quantitative estimate of drug-likeness (QED) is 0.149. The Labute approximate surface area is 563 Å². The number of fused-ring (bicyclic) bond motifs is 12. The van der Waals surface area contributed by atoms with Crippen molar-refractivity contribution in [1.82, 2.24) is 18.3 Å². The number of rotatable bonds is 8. The van der Waals surface area contributed by atoms with Crippen molar-refractivity contribution >= 4 is 87.2 Å². The zero-order valence-electron chi connectivity index (χ0n) is 52.5. The summed E-state index contributed by atoms with van der Waals surface area (Å²) in [6, 6.07) is 117. The van der Waals surface area contributed by atoms with E-state index in [9.17, 15) is 26.3 Å². The van der Waals surface area contributed by atoms with Crippen molar-refractivity contribution in [2.45, 2.75) is 0 Å². The Balaban J connectivity index is 0.000000147. The van der Waals surface area contributed by atoms with Gasteiger partial charge >= 0.3 is 0 Å². The van der Waals surface area contributed by atoms with Gasteiger partial charge in [0.1, 0.15) is 12.1 Å². The second kappa shape index (κ2) is 23.7. The molecule has 9 nitrogen and oxygen atoms in total. The average Bonchev–Trinajstić information content (AvgIpc) is 1.59. The Hall–Kier alpha value is -14.3. The third kappa shape index (κ3) is 9.27. The molecule has 0 amide bonds. The number of benzene rings is 14. The van der Waals surface area contributed by atoms with Gasteiger partial charge in [-0.15, -0.1) is 0 Å². The van der Waals surface area contributed by atoms with Crippen LogP contribution in [0.5, 0.6) is 0 Å². The standard InChI is InChI=1S/C45H25N5.C44H26N4/c46-26-30-21-23-33(37-17-10-11-31(27-47)45(37)50-41-19-8-4-14-34(41)35-15-5-9-20-42(35)50)39(28-48)44(30)29-22-24-43-38(25-29)36-16-6-7-18-40(36)49(43)32-12-2-1-3-13-32;45-27-29-18-20-43-38(24-29)39-26-31(19-21-44(39)47(43)34-10-2-1-3-11-34)32-22-30(28-46)23-33(25-32)35-12-4-7-15-40(35)48-41-16-8-5-13-36(41)37-14-6-9-17-42(37)48/h1-25H;1-26H. The molecule has 18 aromatic rings. The molecule has 0 saturated heterocycles. The van der Waals surface area contributed by atoms with Crippen molar-refractivity contribution in [2.24, 2.45) is 0 Å². The fourth-order valence-corrected chi connectivity index (χ4v) is 14.8. The van der Waals surface area contributed by atoms with Crippen LogP contribution in [0, 0.1) is 56.7 Å². The number of nitrogens with zero attached hydrogens (tertiary/aromatic N) is 9. The Morgan fingerprint density at radius 2 is 0.663 bits per heavy atom. The fraction of sp³-hybridized carbons (Fsp3) is 0. The number of hydrogen-bond donors (Lipinski definition) is 0. The van der Waals surface area contributed by atoms with Gasteiger partial charge in [-0.25, -0.2) is 0 Å². The van der Waals surface area contributed by atoms with E-state index >= 15 is 0 Å². The van der Waals surface area contributed by atoms with Gasteiger partial charge < -0.3 is 18.3 Å². The maximum atomic E-state index is 10.9. The first-order valence-electron chi connectivity index (χ1n) is 32.2. The molecule has 0 radical (unpaired) electrons. The van der Waals surface area contributed by atoms with Gasteiger partial charge in [-0.2, -0.15) is 26.3 Å². The molecule has 0 aliphatic heterocycles. The largest absolute Gasteiger partial charge is 0.309 e.